The van der Waals surface area contributed by atoms with Gasteiger partial charge in [0.25, 0.3) is 7.82 Å². The molecule has 0 radical (unpaired) electrons. The number of hydrogen-bond acceptors (Lipinski definition) is 8. The van der Waals surface area contributed by atoms with Crippen LogP contribution in [0.1, 0.15) is 271 Å². The Morgan fingerprint density at radius 3 is 1.06 bits per heavy atom. The molecule has 0 aromatic heterocycles. The molecule has 0 aliphatic rings. The molecular weight excluding hydrogens is 1010 g/mol. The first kappa shape index (κ1) is 76.7. The van der Waals surface area contributed by atoms with Gasteiger partial charge in [0.15, 0.2) is 6.10 Å². The Morgan fingerprint density at radius 1 is 0.400 bits per heavy atom. The van der Waals surface area contributed by atoms with Crippen LogP contribution >= 0.6 is 7.82 Å². The van der Waals surface area contributed by atoms with Gasteiger partial charge in [-0.15, -0.1) is 0 Å². The number of phosphoric acid groups is 1. The zero-order chi connectivity index (χ0) is 58.4. The number of rotatable bonds is 59. The predicted octanol–water partition coefficient (Wildman–Crippen LogP) is 20.3. The van der Waals surface area contributed by atoms with Crippen molar-refractivity contribution in [1.29, 1.82) is 0 Å². The summed E-state index contributed by atoms with van der Waals surface area (Å²) in [5.74, 6) is -0.841. The van der Waals surface area contributed by atoms with Crippen molar-refractivity contribution in [3.05, 3.63) is 109 Å². The molecule has 0 rings (SSSR count). The monoisotopic (exact) mass is 1140 g/mol. The maximum atomic E-state index is 12.8. The molecule has 2 atom stereocenters. The minimum Gasteiger partial charge on any atom is -0.756 e. The van der Waals surface area contributed by atoms with Gasteiger partial charge in [-0.25, -0.2) is 0 Å². The third-order valence-corrected chi connectivity index (χ3v) is 14.7. The summed E-state index contributed by atoms with van der Waals surface area (Å²) in [6.07, 6.45) is 84.3. The number of unbranched alkanes of at least 4 members (excludes halogenated alkanes) is 27. The van der Waals surface area contributed by atoms with Gasteiger partial charge in [-0.05, 0) is 103 Å². The van der Waals surface area contributed by atoms with E-state index < -0.39 is 32.5 Å². The predicted molar refractivity (Wildman–Crippen MR) is 342 cm³/mol. The number of hydrogen-bond donors (Lipinski definition) is 0. The number of carbonyl (C=O) groups is 2. The maximum Gasteiger partial charge on any atom is 0.306 e. The Labute approximate surface area is 493 Å². The molecule has 0 spiro atoms. The van der Waals surface area contributed by atoms with Gasteiger partial charge in [-0.2, -0.15) is 0 Å². The van der Waals surface area contributed by atoms with Crippen molar-refractivity contribution in [3.63, 3.8) is 0 Å². The summed E-state index contributed by atoms with van der Waals surface area (Å²) in [4.78, 5) is 38.0. The molecule has 0 saturated heterocycles. The third-order valence-electron chi connectivity index (χ3n) is 13.8. The zero-order valence-electron chi connectivity index (χ0n) is 52.2. The number of ether oxygens (including phenoxy) is 2. The van der Waals surface area contributed by atoms with Crippen molar-refractivity contribution in [1.82, 2.24) is 0 Å². The molecule has 0 aromatic carbocycles. The molecule has 9 nitrogen and oxygen atoms in total. The van der Waals surface area contributed by atoms with Crippen LogP contribution in [0.2, 0.25) is 0 Å². The van der Waals surface area contributed by atoms with Crippen molar-refractivity contribution >= 4 is 19.8 Å². The number of allylic oxidation sites excluding steroid dienone is 18. The Bertz CT molecular complexity index is 1720. The Balaban J connectivity index is 4.11. The van der Waals surface area contributed by atoms with Crippen LogP contribution in [0, 0.1) is 0 Å². The van der Waals surface area contributed by atoms with Crippen molar-refractivity contribution in [2.75, 3.05) is 47.5 Å². The van der Waals surface area contributed by atoms with Gasteiger partial charge < -0.3 is 27.9 Å². The van der Waals surface area contributed by atoms with Crippen LogP contribution in [0.5, 0.6) is 0 Å². The first-order chi connectivity index (χ1) is 39.0. The molecule has 10 heteroatoms. The lowest BCUT2D eigenvalue weighted by Crippen LogP contribution is -2.37. The third kappa shape index (κ3) is 63.8. The van der Waals surface area contributed by atoms with Crippen LogP contribution in [0.3, 0.4) is 0 Å². The van der Waals surface area contributed by atoms with E-state index in [0.29, 0.717) is 17.4 Å². The first-order valence-corrected chi connectivity index (χ1v) is 34.1. The number of carbonyl (C=O) groups excluding carboxylic acids is 2. The van der Waals surface area contributed by atoms with Gasteiger partial charge in [0, 0.05) is 12.8 Å². The van der Waals surface area contributed by atoms with Crippen LogP contribution in [0.15, 0.2) is 109 Å². The summed E-state index contributed by atoms with van der Waals surface area (Å²) >= 11 is 0. The summed E-state index contributed by atoms with van der Waals surface area (Å²) in [6, 6.07) is 0. The van der Waals surface area contributed by atoms with Gasteiger partial charge in [0.1, 0.15) is 19.8 Å². The van der Waals surface area contributed by atoms with Crippen molar-refractivity contribution in [2.45, 2.75) is 277 Å². The maximum absolute atomic E-state index is 12.8. The summed E-state index contributed by atoms with van der Waals surface area (Å²) < 4.78 is 34.3. The van der Waals surface area contributed by atoms with E-state index in [1.165, 1.54) is 135 Å². The quantitative estimate of drug-likeness (QED) is 0.0195. The van der Waals surface area contributed by atoms with E-state index in [1.54, 1.807) is 0 Å². The fourth-order valence-corrected chi connectivity index (χ4v) is 9.51. The fourth-order valence-electron chi connectivity index (χ4n) is 8.79. The van der Waals surface area contributed by atoms with E-state index >= 15 is 0 Å². The first-order valence-electron chi connectivity index (χ1n) is 32.6. The number of nitrogens with zero attached hydrogens (tertiary/aromatic N) is 1. The molecule has 0 aliphatic carbocycles. The van der Waals surface area contributed by atoms with Crippen molar-refractivity contribution < 1.29 is 42.1 Å². The molecule has 0 aliphatic heterocycles. The summed E-state index contributed by atoms with van der Waals surface area (Å²) in [6.45, 7) is 4.12. The van der Waals surface area contributed by atoms with E-state index in [0.717, 1.165) is 103 Å². The van der Waals surface area contributed by atoms with E-state index in [1.807, 2.05) is 21.1 Å². The van der Waals surface area contributed by atoms with Crippen LogP contribution in [0.25, 0.3) is 0 Å². The van der Waals surface area contributed by atoms with E-state index in [-0.39, 0.29) is 26.1 Å². The second-order valence-electron chi connectivity index (χ2n) is 22.7. The molecule has 0 saturated carbocycles. The minimum atomic E-state index is -4.65. The molecule has 0 N–H and O–H groups in total. The van der Waals surface area contributed by atoms with Crippen LogP contribution in [-0.2, 0) is 32.7 Å². The molecule has 0 heterocycles. The van der Waals surface area contributed by atoms with Gasteiger partial charge in [-0.3, -0.25) is 14.2 Å². The van der Waals surface area contributed by atoms with E-state index in [4.69, 9.17) is 18.5 Å². The molecule has 80 heavy (non-hydrogen) atoms. The van der Waals surface area contributed by atoms with Gasteiger partial charge in [0.2, 0.25) is 0 Å². The molecule has 0 fully saturated rings. The average molecular weight is 1140 g/mol. The molecular formula is C70H122NO8P. The Kier molecular flexibility index (Phi) is 57.8. The summed E-state index contributed by atoms with van der Waals surface area (Å²) in [5.41, 5.74) is 0. The second kappa shape index (κ2) is 60.3. The lowest BCUT2D eigenvalue weighted by Gasteiger charge is -2.28. The van der Waals surface area contributed by atoms with Crippen LogP contribution in [0.4, 0.5) is 0 Å². The highest BCUT2D eigenvalue weighted by molar-refractivity contribution is 7.45. The summed E-state index contributed by atoms with van der Waals surface area (Å²) in [5, 5.41) is 0. The van der Waals surface area contributed by atoms with E-state index in [2.05, 4.69) is 123 Å². The van der Waals surface area contributed by atoms with E-state index in [9.17, 15) is 19.0 Å². The lowest BCUT2D eigenvalue weighted by atomic mass is 10.0. The molecule has 0 bridgehead atoms. The number of quaternary nitrogens is 1. The second-order valence-corrected chi connectivity index (χ2v) is 24.2. The van der Waals surface area contributed by atoms with Crippen LogP contribution in [-0.4, -0.2) is 70.0 Å². The standard InChI is InChI=1S/C70H122NO8P/c1-6-8-10-12-14-16-18-20-22-24-26-28-30-31-32-33-34-35-36-37-38-39-41-43-45-47-49-51-53-55-57-59-61-63-70(73)79-68(67-78-80(74,75)77-65-64-71(3,4)5)66-76-69(72)62-60-58-56-54-52-50-48-46-44-42-40-29-27-25-23-21-19-17-15-13-11-9-7-2/h8,10,14,16,19-22,25-28,31-32,34-35,40,42,68H,6-7,9,11-13,15,17-18,23-24,29-30,33,36-39,41,43-67H2,1-5H3/b10-8-,16-14-,21-19-,22-20-,27-25-,28-26-,32-31-,35-34-,42-40-. The van der Waals surface area contributed by atoms with Gasteiger partial charge in [-0.1, -0.05) is 264 Å². The smallest absolute Gasteiger partial charge is 0.306 e. The van der Waals surface area contributed by atoms with Gasteiger partial charge >= 0.3 is 11.9 Å². The number of esters is 2. The highest BCUT2D eigenvalue weighted by Crippen LogP contribution is 2.38. The lowest BCUT2D eigenvalue weighted by molar-refractivity contribution is -0.870. The highest BCUT2D eigenvalue weighted by atomic mass is 31.2. The van der Waals surface area contributed by atoms with Crippen molar-refractivity contribution in [3.8, 4) is 0 Å². The normalized spacial score (nSPS) is 13.9. The molecule has 0 amide bonds. The van der Waals surface area contributed by atoms with Crippen molar-refractivity contribution in [2.24, 2.45) is 0 Å². The largest absolute Gasteiger partial charge is 0.756 e. The molecule has 2 unspecified atom stereocenters. The average Bonchev–Trinajstić information content (AvgIpc) is 3.42. The number of likely N-dealkylation sites (N-methyl/N-ethyl adjacent to an activating group) is 1. The van der Waals surface area contributed by atoms with Gasteiger partial charge in [0.05, 0.1) is 27.7 Å². The van der Waals surface area contributed by atoms with Crippen LogP contribution < -0.4 is 4.89 Å². The number of phosphoric ester groups is 1. The zero-order valence-corrected chi connectivity index (χ0v) is 53.1. The minimum absolute atomic E-state index is 0.0364. The molecule has 460 valence electrons. The topological polar surface area (TPSA) is 111 Å². The Morgan fingerprint density at radius 2 is 0.713 bits per heavy atom. The molecule has 0 aromatic rings. The summed E-state index contributed by atoms with van der Waals surface area (Å²) in [7, 11) is 1.16. The fraction of sp³-hybridized carbons (Fsp3) is 0.714. The highest BCUT2D eigenvalue weighted by Gasteiger charge is 2.22. The Hall–Kier alpha value is -3.33. The SMILES string of the molecule is CC/C=C\C/C=C\C/C=C\C/C=C\C/C=C\C/C=C\CCCCCCCCCCCCCCCCC(=O)OC(COC(=O)CCCCCCCCCC/C=C\C/C=C\C/C=C\CCCCCCC)COP(=O)([O-])OCC[N+](C)(C)C.